The van der Waals surface area contributed by atoms with Crippen LogP contribution in [0.1, 0.15) is 27.8 Å². The zero-order valence-electron chi connectivity index (χ0n) is 14.7. The van der Waals surface area contributed by atoms with Crippen molar-refractivity contribution in [2.75, 3.05) is 0 Å². The molecule has 1 atom stereocenters. The van der Waals surface area contributed by atoms with Gasteiger partial charge < -0.3 is 15.0 Å². The normalized spacial score (nSPS) is 12.3. The molecule has 1 amide bonds. The fraction of sp³-hybridized carbons (Fsp3) is 0.111. The van der Waals surface area contributed by atoms with E-state index in [0.29, 0.717) is 12.1 Å². The lowest BCUT2D eigenvalue weighted by Gasteiger charge is -2.20. The molecular weight excluding hydrogens is 415 g/mol. The summed E-state index contributed by atoms with van der Waals surface area (Å²) in [6.45, 7) is 0. The molecule has 2 aromatic heterocycles. The van der Waals surface area contributed by atoms with Gasteiger partial charge in [0.2, 0.25) is 0 Å². The number of H-pyrrole nitrogens is 1. The van der Waals surface area contributed by atoms with Crippen LogP contribution in [0.2, 0.25) is 0 Å². The number of hydrogen-bond donors (Lipinski definition) is 2. The van der Waals surface area contributed by atoms with E-state index >= 15 is 0 Å². The van der Waals surface area contributed by atoms with Gasteiger partial charge in [-0.2, -0.15) is 0 Å². The number of amides is 1. The molecule has 0 fully saturated rings. The van der Waals surface area contributed by atoms with Gasteiger partial charge in [-0.05, 0) is 29.8 Å². The van der Waals surface area contributed by atoms with Gasteiger partial charge in [0.1, 0.15) is 17.2 Å². The summed E-state index contributed by atoms with van der Waals surface area (Å²) in [6.07, 6.45) is -2.05. The first kappa shape index (κ1) is 20.9. The van der Waals surface area contributed by atoms with E-state index in [2.05, 4.69) is 25.0 Å². The van der Waals surface area contributed by atoms with Crippen LogP contribution in [-0.2, 0) is 0 Å². The highest BCUT2D eigenvalue weighted by Crippen LogP contribution is 2.30. The lowest BCUT2D eigenvalue weighted by Crippen LogP contribution is -2.32. The highest BCUT2D eigenvalue weighted by atomic mass is 19.4. The Bertz CT molecular complexity index is 1110. The van der Waals surface area contributed by atoms with Crippen molar-refractivity contribution in [2.45, 2.75) is 12.4 Å². The molecule has 0 aliphatic rings. The van der Waals surface area contributed by atoms with Crippen LogP contribution in [0, 0.1) is 11.6 Å². The van der Waals surface area contributed by atoms with Crippen LogP contribution in [0.15, 0.2) is 53.7 Å². The summed E-state index contributed by atoms with van der Waals surface area (Å²) in [5.41, 5.74) is -1.24. The number of nitrogens with one attached hydrogen (secondary N) is 2. The molecule has 1 unspecified atom stereocenters. The fourth-order valence-corrected chi connectivity index (χ4v) is 2.50. The number of aromatic nitrogens is 3. The number of halogens is 5. The molecular formula is C18H11F5N4O3. The number of carbonyl (C=O) groups excluding carboxylic acids is 1. The van der Waals surface area contributed by atoms with Crippen molar-refractivity contribution in [2.24, 2.45) is 0 Å². The zero-order valence-corrected chi connectivity index (χ0v) is 14.7. The molecule has 0 spiro atoms. The first-order valence-corrected chi connectivity index (χ1v) is 8.15. The van der Waals surface area contributed by atoms with Crippen molar-refractivity contribution >= 4 is 5.91 Å². The second-order valence-corrected chi connectivity index (χ2v) is 5.81. The average molecular weight is 426 g/mol. The van der Waals surface area contributed by atoms with E-state index in [4.69, 9.17) is 0 Å². The molecule has 2 heterocycles. The lowest BCUT2D eigenvalue weighted by molar-refractivity contribution is -0.275. The lowest BCUT2D eigenvalue weighted by atomic mass is 10.0. The third kappa shape index (κ3) is 4.96. The van der Waals surface area contributed by atoms with Crippen LogP contribution in [-0.4, -0.2) is 27.2 Å². The quantitative estimate of drug-likeness (QED) is 0.612. The third-order valence-electron chi connectivity index (χ3n) is 3.76. The van der Waals surface area contributed by atoms with Gasteiger partial charge in [0, 0.05) is 12.4 Å². The smallest absolute Gasteiger partial charge is 0.403 e. The third-order valence-corrected chi connectivity index (χ3v) is 3.76. The van der Waals surface area contributed by atoms with Crippen LogP contribution >= 0.6 is 0 Å². The summed E-state index contributed by atoms with van der Waals surface area (Å²) in [7, 11) is 0. The molecule has 156 valence electrons. The monoisotopic (exact) mass is 426 g/mol. The number of rotatable bonds is 5. The van der Waals surface area contributed by atoms with Crippen LogP contribution < -0.4 is 15.6 Å². The Balaban J connectivity index is 1.99. The van der Waals surface area contributed by atoms with Gasteiger partial charge in [0.25, 0.3) is 11.5 Å². The van der Waals surface area contributed by atoms with Crippen LogP contribution in [0.3, 0.4) is 0 Å². The molecule has 2 N–H and O–H groups in total. The first-order valence-electron chi connectivity index (χ1n) is 8.15. The van der Waals surface area contributed by atoms with E-state index in [-0.39, 0.29) is 17.0 Å². The zero-order chi connectivity index (χ0) is 21.9. The van der Waals surface area contributed by atoms with Gasteiger partial charge in [-0.15, -0.1) is 13.2 Å². The van der Waals surface area contributed by atoms with E-state index in [1.165, 1.54) is 12.3 Å². The number of alkyl halides is 3. The molecule has 0 aliphatic carbocycles. The van der Waals surface area contributed by atoms with Crippen molar-refractivity contribution in [1.82, 2.24) is 20.3 Å². The van der Waals surface area contributed by atoms with E-state index < -0.39 is 41.3 Å². The van der Waals surface area contributed by atoms with Gasteiger partial charge in [-0.25, -0.2) is 13.8 Å². The highest BCUT2D eigenvalue weighted by molar-refractivity contribution is 5.92. The summed E-state index contributed by atoms with van der Waals surface area (Å²) in [4.78, 5) is 33.2. The Hall–Kier alpha value is -3.83. The summed E-state index contributed by atoms with van der Waals surface area (Å²) >= 11 is 0. The minimum atomic E-state index is -5.11. The number of carbonyl (C=O) groups is 1. The molecule has 7 nitrogen and oxygen atoms in total. The van der Waals surface area contributed by atoms with Crippen molar-refractivity contribution in [3.05, 3.63) is 87.9 Å². The van der Waals surface area contributed by atoms with Gasteiger partial charge in [-0.1, -0.05) is 6.07 Å². The largest absolute Gasteiger partial charge is 0.573 e. The van der Waals surface area contributed by atoms with Gasteiger partial charge >= 0.3 is 6.36 Å². The summed E-state index contributed by atoms with van der Waals surface area (Å²) in [5, 5.41) is 2.37. The second kappa shape index (κ2) is 8.27. The topological polar surface area (TPSA) is 97.0 Å². The standard InChI is InChI=1S/C18H11F5N4O3/c19-10-2-1-5-24-16(10)15(27-17(29)12-7-26-14(28)8-25-12)9-3-4-13(11(20)6-9)30-18(21,22)23/h1-8,15H,(H,26,28)(H,27,29). The van der Waals surface area contributed by atoms with E-state index in [0.717, 1.165) is 24.5 Å². The summed E-state index contributed by atoms with van der Waals surface area (Å²) in [5.74, 6) is -4.21. The van der Waals surface area contributed by atoms with E-state index in [9.17, 15) is 31.5 Å². The molecule has 30 heavy (non-hydrogen) atoms. The van der Waals surface area contributed by atoms with Crippen LogP contribution in [0.25, 0.3) is 0 Å². The minimum absolute atomic E-state index is 0.114. The predicted molar refractivity (Wildman–Crippen MR) is 91.4 cm³/mol. The maximum Gasteiger partial charge on any atom is 0.573 e. The SMILES string of the molecule is O=C(NC(c1ccc(OC(F)(F)F)c(F)c1)c1ncccc1F)c1c[nH]c(=O)cn1. The number of benzene rings is 1. The Morgan fingerprint density at radius 1 is 1.13 bits per heavy atom. The fourth-order valence-electron chi connectivity index (χ4n) is 2.50. The van der Waals surface area contributed by atoms with Crippen molar-refractivity contribution in [1.29, 1.82) is 0 Å². The second-order valence-electron chi connectivity index (χ2n) is 5.81. The highest BCUT2D eigenvalue weighted by Gasteiger charge is 2.33. The molecule has 12 heteroatoms. The Labute approximate surface area is 164 Å². The van der Waals surface area contributed by atoms with E-state index in [1.807, 2.05) is 0 Å². The Morgan fingerprint density at radius 3 is 2.50 bits per heavy atom. The maximum absolute atomic E-state index is 14.3. The number of pyridine rings is 1. The van der Waals surface area contributed by atoms with Crippen molar-refractivity contribution in [3.63, 3.8) is 0 Å². The number of ether oxygens (including phenoxy) is 1. The van der Waals surface area contributed by atoms with Gasteiger partial charge in [-0.3, -0.25) is 14.6 Å². The molecule has 1 aromatic carbocycles. The summed E-state index contributed by atoms with van der Waals surface area (Å²) < 4.78 is 69.1. The summed E-state index contributed by atoms with van der Waals surface area (Å²) in [6, 6.07) is 3.29. The number of aromatic amines is 1. The minimum Gasteiger partial charge on any atom is -0.403 e. The molecule has 0 radical (unpaired) electrons. The molecule has 3 aromatic rings. The van der Waals surface area contributed by atoms with Crippen molar-refractivity contribution in [3.8, 4) is 5.75 Å². The van der Waals surface area contributed by atoms with Crippen molar-refractivity contribution < 1.29 is 31.5 Å². The molecule has 0 saturated carbocycles. The molecule has 3 rings (SSSR count). The van der Waals surface area contributed by atoms with Crippen LogP contribution in [0.4, 0.5) is 22.0 Å². The first-order chi connectivity index (χ1) is 14.1. The molecule has 0 aliphatic heterocycles. The molecule has 0 saturated heterocycles. The Kier molecular flexibility index (Phi) is 5.76. The number of hydrogen-bond acceptors (Lipinski definition) is 5. The molecule has 0 bridgehead atoms. The number of nitrogens with zero attached hydrogens (tertiary/aromatic N) is 2. The predicted octanol–water partition coefficient (Wildman–Crippen LogP) is 2.86. The maximum atomic E-state index is 14.3. The average Bonchev–Trinajstić information content (AvgIpc) is 2.68. The van der Waals surface area contributed by atoms with E-state index in [1.54, 1.807) is 0 Å². The van der Waals surface area contributed by atoms with Gasteiger partial charge in [0.05, 0.1) is 12.2 Å². The van der Waals surface area contributed by atoms with Gasteiger partial charge in [0.15, 0.2) is 11.6 Å². The van der Waals surface area contributed by atoms with Crippen LogP contribution in [0.5, 0.6) is 5.75 Å². The Morgan fingerprint density at radius 2 is 1.90 bits per heavy atom.